The lowest BCUT2D eigenvalue weighted by atomic mass is 9.99. The third-order valence-electron chi connectivity index (χ3n) is 6.22. The zero-order valence-electron chi connectivity index (χ0n) is 18.1. The molecule has 7 heteroatoms. The van der Waals surface area contributed by atoms with E-state index in [2.05, 4.69) is 58.0 Å². The van der Waals surface area contributed by atoms with Gasteiger partial charge in [-0.3, -0.25) is 9.89 Å². The lowest BCUT2D eigenvalue weighted by Crippen LogP contribution is -2.52. The number of thioether (sulfide) groups is 1. The topological polar surface area (TPSA) is 48.9 Å². The van der Waals surface area contributed by atoms with Crippen molar-refractivity contribution in [3.8, 4) is 0 Å². The lowest BCUT2D eigenvalue weighted by Gasteiger charge is -2.37. The van der Waals surface area contributed by atoms with E-state index in [1.54, 1.807) is 0 Å². The van der Waals surface area contributed by atoms with Crippen LogP contribution in [0.2, 0.25) is 0 Å². The molecular weight excluding hydrogens is 495 g/mol. The quantitative estimate of drug-likeness (QED) is 0.333. The first-order valence-electron chi connectivity index (χ1n) is 10.5. The summed E-state index contributed by atoms with van der Waals surface area (Å²) < 4.78 is 5.82. The summed E-state index contributed by atoms with van der Waals surface area (Å²) in [5.41, 5.74) is 2.84. The molecule has 1 aromatic rings. The first kappa shape index (κ1) is 24.8. The number of nitrogens with zero attached hydrogens (tertiary/aromatic N) is 2. The van der Waals surface area contributed by atoms with Gasteiger partial charge in [-0.1, -0.05) is 24.3 Å². The van der Waals surface area contributed by atoms with Crippen LogP contribution in [0.4, 0.5) is 0 Å². The van der Waals surface area contributed by atoms with E-state index in [1.807, 2.05) is 18.8 Å². The van der Waals surface area contributed by atoms with Crippen LogP contribution in [0, 0.1) is 6.92 Å². The highest BCUT2D eigenvalue weighted by Crippen LogP contribution is 2.32. The fourth-order valence-corrected chi connectivity index (χ4v) is 4.88. The van der Waals surface area contributed by atoms with Crippen LogP contribution < -0.4 is 10.6 Å². The van der Waals surface area contributed by atoms with Gasteiger partial charge in [-0.25, -0.2) is 0 Å². The highest BCUT2D eigenvalue weighted by atomic mass is 127. The molecule has 0 spiro atoms. The molecule has 2 heterocycles. The predicted molar refractivity (Wildman–Crippen MR) is 136 cm³/mol. The van der Waals surface area contributed by atoms with Crippen LogP contribution in [0.1, 0.15) is 36.8 Å². The molecule has 1 aromatic carbocycles. The van der Waals surface area contributed by atoms with Crippen LogP contribution >= 0.6 is 35.7 Å². The van der Waals surface area contributed by atoms with Gasteiger partial charge in [-0.05, 0) is 50.0 Å². The van der Waals surface area contributed by atoms with Gasteiger partial charge in [0.05, 0.1) is 0 Å². The molecule has 3 rings (SSSR count). The number of piperidine rings is 1. The predicted octanol–water partition coefficient (Wildman–Crippen LogP) is 3.65. The summed E-state index contributed by atoms with van der Waals surface area (Å²) in [4.78, 5) is 7.04. The van der Waals surface area contributed by atoms with E-state index in [0.717, 1.165) is 71.0 Å². The minimum Gasteiger partial charge on any atom is -0.381 e. The molecule has 0 radical (unpaired) electrons. The second-order valence-electron chi connectivity index (χ2n) is 8.05. The number of ether oxygens (including phenoxy) is 1. The Balaban J connectivity index is 0.00000300. The molecule has 2 aliphatic heterocycles. The zero-order valence-corrected chi connectivity index (χ0v) is 21.2. The molecule has 2 fully saturated rings. The molecule has 0 saturated carbocycles. The van der Waals surface area contributed by atoms with E-state index in [1.165, 1.54) is 11.1 Å². The van der Waals surface area contributed by atoms with Crippen molar-refractivity contribution in [2.24, 2.45) is 4.99 Å². The SMILES string of the molecule is CN=C(NCC1(SC)CCOCC1)NC1CCN(Cc2ccccc2C)CC1.I. The summed E-state index contributed by atoms with van der Waals surface area (Å²) in [5.74, 6) is 0.942. The second-order valence-corrected chi connectivity index (χ2v) is 9.32. The smallest absolute Gasteiger partial charge is 0.191 e. The molecule has 0 unspecified atom stereocenters. The summed E-state index contributed by atoms with van der Waals surface area (Å²) in [5, 5.41) is 7.24. The van der Waals surface area contributed by atoms with Gasteiger partial charge in [0.25, 0.3) is 0 Å². The van der Waals surface area contributed by atoms with Crippen molar-refractivity contribution in [2.75, 3.05) is 46.2 Å². The average molecular weight is 533 g/mol. The van der Waals surface area contributed by atoms with Gasteiger partial charge in [0.2, 0.25) is 0 Å². The van der Waals surface area contributed by atoms with Crippen molar-refractivity contribution < 1.29 is 4.74 Å². The van der Waals surface area contributed by atoms with Gasteiger partial charge in [-0.2, -0.15) is 11.8 Å². The van der Waals surface area contributed by atoms with E-state index in [9.17, 15) is 0 Å². The molecule has 0 atom stereocenters. The van der Waals surface area contributed by atoms with E-state index >= 15 is 0 Å². The molecule has 164 valence electrons. The summed E-state index contributed by atoms with van der Waals surface area (Å²) in [7, 11) is 1.87. The molecular formula is C22H37IN4OS. The molecule has 0 amide bonds. The van der Waals surface area contributed by atoms with Crippen LogP contribution in [0.15, 0.2) is 29.3 Å². The van der Waals surface area contributed by atoms with Gasteiger partial charge in [0.15, 0.2) is 5.96 Å². The second kappa shape index (κ2) is 12.4. The Kier molecular flexibility index (Phi) is 10.6. The van der Waals surface area contributed by atoms with Crippen molar-refractivity contribution in [2.45, 2.75) is 49.9 Å². The molecule has 5 nitrogen and oxygen atoms in total. The van der Waals surface area contributed by atoms with Crippen LogP contribution in [-0.2, 0) is 11.3 Å². The molecule has 2 N–H and O–H groups in total. The van der Waals surface area contributed by atoms with Crippen molar-refractivity contribution in [1.82, 2.24) is 15.5 Å². The Labute approximate surface area is 197 Å². The molecule has 2 aliphatic rings. The first-order chi connectivity index (χ1) is 13.6. The third kappa shape index (κ3) is 7.29. The fraction of sp³-hybridized carbons (Fsp3) is 0.682. The average Bonchev–Trinajstić information content (AvgIpc) is 2.74. The highest BCUT2D eigenvalue weighted by Gasteiger charge is 2.32. The van der Waals surface area contributed by atoms with E-state index in [0.29, 0.717) is 6.04 Å². The number of hydrogen-bond acceptors (Lipinski definition) is 4. The maximum absolute atomic E-state index is 5.55. The normalized spacial score (nSPS) is 20.7. The van der Waals surface area contributed by atoms with Crippen LogP contribution in [0.5, 0.6) is 0 Å². The van der Waals surface area contributed by atoms with E-state index in [-0.39, 0.29) is 28.7 Å². The van der Waals surface area contributed by atoms with Crippen LogP contribution in [0.25, 0.3) is 0 Å². The number of hydrogen-bond donors (Lipinski definition) is 2. The van der Waals surface area contributed by atoms with Gasteiger partial charge >= 0.3 is 0 Å². The Morgan fingerprint density at radius 1 is 1.24 bits per heavy atom. The Bertz CT molecular complexity index is 643. The van der Waals surface area contributed by atoms with Gasteiger partial charge in [-0.15, -0.1) is 24.0 Å². The Morgan fingerprint density at radius 3 is 2.55 bits per heavy atom. The number of aliphatic imine (C=N–C) groups is 1. The highest BCUT2D eigenvalue weighted by molar-refractivity contribution is 14.0. The minimum atomic E-state index is 0. The number of benzene rings is 1. The third-order valence-corrected chi connectivity index (χ3v) is 7.64. The van der Waals surface area contributed by atoms with E-state index in [4.69, 9.17) is 4.74 Å². The van der Waals surface area contributed by atoms with Gasteiger partial charge < -0.3 is 15.4 Å². The first-order valence-corrected chi connectivity index (χ1v) is 11.7. The minimum absolute atomic E-state index is 0. The number of guanidine groups is 1. The van der Waals surface area contributed by atoms with Crippen molar-refractivity contribution in [3.05, 3.63) is 35.4 Å². The number of nitrogens with one attached hydrogen (secondary N) is 2. The van der Waals surface area contributed by atoms with Crippen LogP contribution in [0.3, 0.4) is 0 Å². The maximum Gasteiger partial charge on any atom is 0.191 e. The fourth-order valence-electron chi connectivity index (χ4n) is 4.09. The zero-order chi connectivity index (χ0) is 19.8. The van der Waals surface area contributed by atoms with Crippen molar-refractivity contribution in [3.63, 3.8) is 0 Å². The molecule has 0 bridgehead atoms. The van der Waals surface area contributed by atoms with Gasteiger partial charge in [0, 0.05) is 57.2 Å². The summed E-state index contributed by atoms with van der Waals surface area (Å²) in [6, 6.07) is 9.23. The van der Waals surface area contributed by atoms with Crippen molar-refractivity contribution >= 4 is 41.7 Å². The van der Waals surface area contributed by atoms with E-state index < -0.39 is 0 Å². The molecule has 29 heavy (non-hydrogen) atoms. The summed E-state index contributed by atoms with van der Waals surface area (Å²) in [6.07, 6.45) is 6.75. The summed E-state index contributed by atoms with van der Waals surface area (Å²) >= 11 is 1.96. The number of halogens is 1. The Hall–Kier alpha value is -0.510. The lowest BCUT2D eigenvalue weighted by molar-refractivity contribution is 0.0782. The largest absolute Gasteiger partial charge is 0.381 e. The Morgan fingerprint density at radius 2 is 1.93 bits per heavy atom. The number of rotatable bonds is 6. The number of likely N-dealkylation sites (tertiary alicyclic amines) is 1. The molecule has 0 aromatic heterocycles. The molecule has 0 aliphatic carbocycles. The van der Waals surface area contributed by atoms with Crippen LogP contribution in [-0.4, -0.2) is 67.8 Å². The summed E-state index contributed by atoms with van der Waals surface area (Å²) in [6.45, 7) is 8.22. The number of aryl methyl sites for hydroxylation is 1. The standard InChI is InChI=1S/C22H36N4OS.HI/c1-18-6-4-5-7-19(18)16-26-12-8-20(9-13-26)25-21(23-2)24-17-22(28-3)10-14-27-15-11-22;/h4-7,20H,8-17H2,1-3H3,(H2,23,24,25);1H. The molecule has 2 saturated heterocycles. The monoisotopic (exact) mass is 532 g/mol. The van der Waals surface area contributed by atoms with Gasteiger partial charge in [0.1, 0.15) is 0 Å². The van der Waals surface area contributed by atoms with Crippen molar-refractivity contribution in [1.29, 1.82) is 0 Å². The maximum atomic E-state index is 5.55.